The van der Waals surface area contributed by atoms with Gasteiger partial charge in [-0.1, -0.05) is 69.6 Å². The molecule has 1 aliphatic heterocycles. The lowest BCUT2D eigenvalue weighted by Gasteiger charge is -2.33. The number of methoxy groups -OCH3 is 2. The topological polar surface area (TPSA) is 111 Å². The first-order valence-electron chi connectivity index (χ1n) is 13.5. The van der Waals surface area contributed by atoms with Gasteiger partial charge in [0.1, 0.15) is 12.2 Å². The van der Waals surface area contributed by atoms with Gasteiger partial charge in [-0.15, -0.1) is 0 Å². The molecule has 212 valence electrons. The van der Waals surface area contributed by atoms with Crippen molar-refractivity contribution in [2.24, 2.45) is 29.4 Å². The zero-order chi connectivity index (χ0) is 28.3. The molecule has 0 fully saturated rings. The Labute approximate surface area is 224 Å². The van der Waals surface area contributed by atoms with E-state index in [9.17, 15) is 15.0 Å². The highest BCUT2D eigenvalue weighted by molar-refractivity contribution is 5.87. The minimum Gasteiger partial charge on any atom is -0.490 e. The van der Waals surface area contributed by atoms with Gasteiger partial charge in [-0.3, -0.25) is 0 Å². The lowest BCUT2D eigenvalue weighted by Crippen LogP contribution is -2.47. The largest absolute Gasteiger partial charge is 0.490 e. The fraction of sp³-hybridized carbons (Fsp3) is 0.700. The summed E-state index contributed by atoms with van der Waals surface area (Å²) >= 11 is 0. The fourth-order valence-electron chi connectivity index (χ4n) is 5.14. The van der Waals surface area contributed by atoms with Crippen molar-refractivity contribution in [2.75, 3.05) is 14.2 Å². The third kappa shape index (κ3) is 10.4. The Hall–Kier alpha value is -1.93. The molecule has 0 radical (unpaired) electrons. The highest BCUT2D eigenvalue weighted by Crippen LogP contribution is 2.29. The number of aliphatic hydroxyl groups is 2. The highest BCUT2D eigenvalue weighted by Gasteiger charge is 2.36. The van der Waals surface area contributed by atoms with E-state index in [0.717, 1.165) is 24.8 Å². The van der Waals surface area contributed by atoms with Crippen molar-refractivity contribution in [1.29, 1.82) is 0 Å². The van der Waals surface area contributed by atoms with Gasteiger partial charge in [-0.2, -0.15) is 0 Å². The van der Waals surface area contributed by atoms with E-state index in [1.54, 1.807) is 27.0 Å². The van der Waals surface area contributed by atoms with E-state index in [4.69, 9.17) is 19.9 Å². The third-order valence-electron chi connectivity index (χ3n) is 7.34. The molecule has 9 atom stereocenters. The van der Waals surface area contributed by atoms with Gasteiger partial charge in [0.05, 0.1) is 19.3 Å². The second-order valence-corrected chi connectivity index (χ2v) is 10.9. The second kappa shape index (κ2) is 16.1. The van der Waals surface area contributed by atoms with Crippen LogP contribution in [0.5, 0.6) is 0 Å². The standard InChI is InChI=1S/C30H51NO6/c1-10-24-16-19(3)14-18(2)12-11-13-25(35-8)29(22(6)28(33)23(7)31)37-30(34)26(36-9)17-20(4)15-21(5)27(24)32/h11-13,15,17,19,21-25,27-29,32-33H,10,14,16,31H2,1-9H3/b13-11+,18-12+,20-15+,26-17-. The van der Waals surface area contributed by atoms with Crippen molar-refractivity contribution in [3.8, 4) is 0 Å². The van der Waals surface area contributed by atoms with Crippen LogP contribution in [0.15, 0.2) is 47.3 Å². The van der Waals surface area contributed by atoms with Crippen molar-refractivity contribution in [3.63, 3.8) is 0 Å². The summed E-state index contributed by atoms with van der Waals surface area (Å²) in [5.41, 5.74) is 7.95. The van der Waals surface area contributed by atoms with Crippen molar-refractivity contribution in [3.05, 3.63) is 47.3 Å². The third-order valence-corrected chi connectivity index (χ3v) is 7.34. The van der Waals surface area contributed by atoms with Crippen molar-refractivity contribution >= 4 is 5.97 Å². The first-order valence-corrected chi connectivity index (χ1v) is 13.5. The number of allylic oxidation sites excluding steroid dienone is 5. The van der Waals surface area contributed by atoms with Gasteiger partial charge in [0.2, 0.25) is 5.76 Å². The van der Waals surface area contributed by atoms with Crippen LogP contribution in [0.2, 0.25) is 0 Å². The Kier molecular flexibility index (Phi) is 14.4. The second-order valence-electron chi connectivity index (χ2n) is 10.9. The Morgan fingerprint density at radius 1 is 1.22 bits per heavy atom. The molecule has 0 aromatic heterocycles. The molecule has 4 N–H and O–H groups in total. The van der Waals surface area contributed by atoms with Crippen LogP contribution in [-0.4, -0.2) is 60.9 Å². The average molecular weight is 522 g/mol. The van der Waals surface area contributed by atoms with Crippen LogP contribution in [0, 0.1) is 23.7 Å². The van der Waals surface area contributed by atoms with E-state index in [-0.39, 0.29) is 17.6 Å². The van der Waals surface area contributed by atoms with Gasteiger partial charge in [-0.05, 0) is 51.5 Å². The molecule has 37 heavy (non-hydrogen) atoms. The Bertz CT molecular complexity index is 830. The van der Waals surface area contributed by atoms with Crippen molar-refractivity contribution in [1.82, 2.24) is 0 Å². The summed E-state index contributed by atoms with van der Waals surface area (Å²) in [6, 6.07) is -0.519. The summed E-state index contributed by atoms with van der Waals surface area (Å²) < 4.78 is 17.0. The maximum Gasteiger partial charge on any atom is 0.373 e. The Morgan fingerprint density at radius 3 is 2.41 bits per heavy atom. The summed E-state index contributed by atoms with van der Waals surface area (Å²) in [4.78, 5) is 13.2. The van der Waals surface area contributed by atoms with Gasteiger partial charge >= 0.3 is 5.97 Å². The van der Waals surface area contributed by atoms with Crippen molar-refractivity contribution in [2.45, 2.75) is 98.2 Å². The molecule has 1 rings (SSSR count). The number of carbonyl (C=O) groups excluding carboxylic acids is 1. The predicted octanol–water partition coefficient (Wildman–Crippen LogP) is 4.69. The van der Waals surface area contributed by atoms with Gasteiger partial charge < -0.3 is 30.2 Å². The number of esters is 1. The number of rotatable bonds is 6. The summed E-state index contributed by atoms with van der Waals surface area (Å²) in [6.45, 7) is 13.8. The summed E-state index contributed by atoms with van der Waals surface area (Å²) in [5.74, 6) is -0.671. The molecule has 1 aliphatic rings. The van der Waals surface area contributed by atoms with Gasteiger partial charge in [-0.25, -0.2) is 4.79 Å². The van der Waals surface area contributed by atoms with E-state index in [2.05, 4.69) is 20.8 Å². The monoisotopic (exact) mass is 521 g/mol. The van der Waals surface area contributed by atoms with Crippen LogP contribution in [-0.2, 0) is 19.0 Å². The van der Waals surface area contributed by atoms with Crippen molar-refractivity contribution < 1.29 is 29.2 Å². The SMILES string of the molecule is CCC1CC(C)C/C(C)=C/C=C/C(OC)C(C(C)C(O)C(C)N)OC(=O)/C(OC)=C/C(C)=C/C(C)C1O. The van der Waals surface area contributed by atoms with Gasteiger partial charge in [0.15, 0.2) is 0 Å². The molecule has 7 nitrogen and oxygen atoms in total. The van der Waals surface area contributed by atoms with Crippen LogP contribution in [0.3, 0.4) is 0 Å². The maximum atomic E-state index is 13.2. The van der Waals surface area contributed by atoms with E-state index in [0.29, 0.717) is 5.92 Å². The van der Waals surface area contributed by atoms with Crippen LogP contribution in [0.4, 0.5) is 0 Å². The number of hydrogen-bond acceptors (Lipinski definition) is 7. The molecule has 0 spiro atoms. The molecule has 0 aromatic rings. The lowest BCUT2D eigenvalue weighted by molar-refractivity contribution is -0.160. The molecule has 7 heteroatoms. The number of ether oxygens (including phenoxy) is 3. The summed E-state index contributed by atoms with van der Waals surface area (Å²) in [6.07, 6.45) is 9.23. The fourth-order valence-corrected chi connectivity index (χ4v) is 5.14. The predicted molar refractivity (Wildman–Crippen MR) is 149 cm³/mol. The maximum absolute atomic E-state index is 13.2. The summed E-state index contributed by atoms with van der Waals surface area (Å²) in [7, 11) is 2.96. The molecule has 0 saturated heterocycles. The molecule has 0 saturated carbocycles. The van der Waals surface area contributed by atoms with E-state index in [1.165, 1.54) is 12.7 Å². The number of cyclic esters (lactones) is 1. The zero-order valence-corrected chi connectivity index (χ0v) is 24.3. The smallest absolute Gasteiger partial charge is 0.373 e. The first-order chi connectivity index (χ1) is 17.4. The number of nitrogens with two attached hydrogens (primary N) is 1. The average Bonchev–Trinajstić information content (AvgIpc) is 2.84. The van der Waals surface area contributed by atoms with Gasteiger partial charge in [0.25, 0.3) is 0 Å². The van der Waals surface area contributed by atoms with Crippen LogP contribution < -0.4 is 5.73 Å². The van der Waals surface area contributed by atoms with Crippen LogP contribution in [0.25, 0.3) is 0 Å². The number of carbonyl (C=O) groups is 1. The van der Waals surface area contributed by atoms with Crippen LogP contribution >= 0.6 is 0 Å². The van der Waals surface area contributed by atoms with E-state index < -0.39 is 42.3 Å². The molecule has 0 bridgehead atoms. The molecular weight excluding hydrogens is 470 g/mol. The first kappa shape index (κ1) is 33.1. The van der Waals surface area contributed by atoms with E-state index >= 15 is 0 Å². The normalized spacial score (nSPS) is 36.6. The van der Waals surface area contributed by atoms with Gasteiger partial charge in [0, 0.05) is 25.0 Å². The Balaban J connectivity index is 3.55. The lowest BCUT2D eigenvalue weighted by atomic mass is 9.81. The quantitative estimate of drug-likeness (QED) is 0.435. The molecule has 1 heterocycles. The Morgan fingerprint density at radius 2 is 1.86 bits per heavy atom. The molecular formula is C30H51NO6. The molecule has 0 amide bonds. The minimum atomic E-state index is -0.912. The molecule has 9 unspecified atom stereocenters. The van der Waals surface area contributed by atoms with Crippen LogP contribution in [0.1, 0.15) is 67.7 Å². The minimum absolute atomic E-state index is 0.0271. The molecule has 0 aliphatic carbocycles. The number of aliphatic hydroxyl groups excluding tert-OH is 2. The molecule has 0 aromatic carbocycles. The number of hydrogen-bond donors (Lipinski definition) is 3. The summed E-state index contributed by atoms with van der Waals surface area (Å²) in [5, 5.41) is 21.8. The van der Waals surface area contributed by atoms with E-state index in [1.807, 2.05) is 38.2 Å². The zero-order valence-electron chi connectivity index (χ0n) is 24.3. The highest BCUT2D eigenvalue weighted by atomic mass is 16.6.